The second kappa shape index (κ2) is 4.06. The molecule has 1 atom stereocenters. The quantitative estimate of drug-likeness (QED) is 0.831. The Hall–Kier alpha value is -1.68. The molecule has 4 heteroatoms. The van der Waals surface area contributed by atoms with Crippen LogP contribution in [0.1, 0.15) is 11.6 Å². The second-order valence-corrected chi connectivity index (χ2v) is 4.12. The first-order chi connectivity index (χ1) is 7.95. The normalized spacial score (nSPS) is 18.0. The Morgan fingerprint density at radius 1 is 1.12 bits per heavy atom. The van der Waals surface area contributed by atoms with E-state index in [1.54, 1.807) is 12.4 Å². The molecule has 16 heavy (non-hydrogen) atoms. The van der Waals surface area contributed by atoms with Gasteiger partial charge in [0.2, 0.25) is 0 Å². The number of aromatic nitrogens is 3. The maximum Gasteiger partial charge on any atom is 0.102 e. The van der Waals surface area contributed by atoms with E-state index in [4.69, 9.17) is 0 Å². The SMILES string of the molecule is c1ccc(C(C2CNC2)n2nccn2)cc1. The van der Waals surface area contributed by atoms with Gasteiger partial charge in [-0.05, 0) is 5.56 Å². The molecule has 0 aliphatic carbocycles. The van der Waals surface area contributed by atoms with Crippen LogP contribution in [0.2, 0.25) is 0 Å². The second-order valence-electron chi connectivity index (χ2n) is 4.12. The first-order valence-corrected chi connectivity index (χ1v) is 5.56. The van der Waals surface area contributed by atoms with Gasteiger partial charge in [-0.2, -0.15) is 15.0 Å². The predicted molar refractivity (Wildman–Crippen MR) is 61.0 cm³/mol. The molecule has 3 rings (SSSR count). The van der Waals surface area contributed by atoms with Gasteiger partial charge in [0.1, 0.15) is 6.04 Å². The standard InChI is InChI=1S/C12H14N4/c1-2-4-10(5-3-1)12(11-8-13-9-11)16-14-6-7-15-16/h1-7,11-13H,8-9H2. The van der Waals surface area contributed by atoms with Crippen molar-refractivity contribution in [2.45, 2.75) is 6.04 Å². The van der Waals surface area contributed by atoms with E-state index < -0.39 is 0 Å². The topological polar surface area (TPSA) is 42.7 Å². The van der Waals surface area contributed by atoms with Crippen molar-refractivity contribution in [2.75, 3.05) is 13.1 Å². The van der Waals surface area contributed by atoms with Crippen LogP contribution in [0, 0.1) is 5.92 Å². The third-order valence-corrected chi connectivity index (χ3v) is 3.09. The summed E-state index contributed by atoms with van der Waals surface area (Å²) < 4.78 is 0. The lowest BCUT2D eigenvalue weighted by Gasteiger charge is -2.34. The van der Waals surface area contributed by atoms with Gasteiger partial charge in [0.05, 0.1) is 12.4 Å². The fraction of sp³-hybridized carbons (Fsp3) is 0.333. The number of rotatable bonds is 3. The summed E-state index contributed by atoms with van der Waals surface area (Å²) in [5, 5.41) is 11.9. The average Bonchev–Trinajstić information content (AvgIpc) is 2.77. The molecule has 1 aromatic carbocycles. The summed E-state index contributed by atoms with van der Waals surface area (Å²) in [5.41, 5.74) is 1.28. The lowest BCUT2D eigenvalue weighted by Crippen LogP contribution is -2.47. The Morgan fingerprint density at radius 3 is 2.38 bits per heavy atom. The van der Waals surface area contributed by atoms with Crippen LogP contribution in [0.15, 0.2) is 42.7 Å². The van der Waals surface area contributed by atoms with Gasteiger partial charge in [0.15, 0.2) is 0 Å². The Balaban J connectivity index is 1.96. The molecule has 0 bridgehead atoms. The van der Waals surface area contributed by atoms with Crippen molar-refractivity contribution in [2.24, 2.45) is 5.92 Å². The van der Waals surface area contributed by atoms with Crippen LogP contribution in [-0.4, -0.2) is 28.1 Å². The largest absolute Gasteiger partial charge is 0.316 e. The van der Waals surface area contributed by atoms with Gasteiger partial charge in [-0.25, -0.2) is 0 Å². The fourth-order valence-electron chi connectivity index (χ4n) is 2.15. The molecule has 0 saturated carbocycles. The molecule has 1 saturated heterocycles. The van der Waals surface area contributed by atoms with E-state index in [1.165, 1.54) is 5.56 Å². The lowest BCUT2D eigenvalue weighted by molar-refractivity contribution is 0.237. The number of hydrogen-bond donors (Lipinski definition) is 1. The smallest absolute Gasteiger partial charge is 0.102 e. The maximum atomic E-state index is 4.27. The van der Waals surface area contributed by atoms with Gasteiger partial charge >= 0.3 is 0 Å². The van der Waals surface area contributed by atoms with Crippen molar-refractivity contribution in [1.29, 1.82) is 0 Å². The van der Waals surface area contributed by atoms with Crippen molar-refractivity contribution < 1.29 is 0 Å². The molecule has 0 amide bonds. The highest BCUT2D eigenvalue weighted by molar-refractivity contribution is 5.21. The maximum absolute atomic E-state index is 4.27. The number of nitrogens with one attached hydrogen (secondary N) is 1. The molecule has 0 radical (unpaired) electrons. The fourth-order valence-corrected chi connectivity index (χ4v) is 2.15. The minimum atomic E-state index is 0.262. The first kappa shape index (κ1) is 9.54. The average molecular weight is 214 g/mol. The van der Waals surface area contributed by atoms with Crippen LogP contribution in [0.5, 0.6) is 0 Å². The van der Waals surface area contributed by atoms with Crippen LogP contribution in [-0.2, 0) is 0 Å². The summed E-state index contributed by atoms with van der Waals surface area (Å²) in [6, 6.07) is 10.7. The molecule has 1 fully saturated rings. The van der Waals surface area contributed by atoms with Crippen LogP contribution < -0.4 is 5.32 Å². The molecule has 4 nitrogen and oxygen atoms in total. The van der Waals surface area contributed by atoms with Gasteiger partial charge < -0.3 is 5.32 Å². The molecular formula is C12H14N4. The molecule has 2 aromatic rings. The lowest BCUT2D eigenvalue weighted by atomic mass is 9.89. The summed E-state index contributed by atoms with van der Waals surface area (Å²) in [6.45, 7) is 2.09. The molecule has 1 aromatic heterocycles. The molecule has 1 aliphatic rings. The third-order valence-electron chi connectivity index (χ3n) is 3.09. The van der Waals surface area contributed by atoms with Crippen LogP contribution in [0.3, 0.4) is 0 Å². The first-order valence-electron chi connectivity index (χ1n) is 5.56. The molecule has 2 heterocycles. The summed E-state index contributed by atoms with van der Waals surface area (Å²) in [5.74, 6) is 0.592. The molecule has 1 N–H and O–H groups in total. The predicted octanol–water partition coefficient (Wildman–Crippen LogP) is 1.09. The Labute approximate surface area is 94.3 Å². The molecule has 1 unspecified atom stereocenters. The van der Waals surface area contributed by atoms with Gasteiger partial charge in [0, 0.05) is 19.0 Å². The van der Waals surface area contributed by atoms with Crippen LogP contribution in [0.25, 0.3) is 0 Å². The Kier molecular flexibility index (Phi) is 2.42. The Morgan fingerprint density at radius 2 is 1.81 bits per heavy atom. The van der Waals surface area contributed by atoms with Gasteiger partial charge in [-0.1, -0.05) is 30.3 Å². The summed E-state index contributed by atoms with van der Waals surface area (Å²) in [4.78, 5) is 1.82. The third kappa shape index (κ3) is 1.61. The number of nitrogens with zero attached hydrogens (tertiary/aromatic N) is 3. The molecular weight excluding hydrogens is 200 g/mol. The van der Waals surface area contributed by atoms with E-state index in [2.05, 4.69) is 39.8 Å². The van der Waals surface area contributed by atoms with Gasteiger partial charge in [0.25, 0.3) is 0 Å². The highest BCUT2D eigenvalue weighted by Crippen LogP contribution is 2.27. The van der Waals surface area contributed by atoms with Crippen LogP contribution >= 0.6 is 0 Å². The van der Waals surface area contributed by atoms with Gasteiger partial charge in [-0.15, -0.1) is 0 Å². The van der Waals surface area contributed by atoms with Crippen LogP contribution in [0.4, 0.5) is 0 Å². The highest BCUT2D eigenvalue weighted by Gasteiger charge is 2.30. The zero-order valence-corrected chi connectivity index (χ0v) is 8.95. The Bertz CT molecular complexity index is 433. The molecule has 0 spiro atoms. The van der Waals surface area contributed by atoms with Crippen molar-refractivity contribution in [3.05, 3.63) is 48.3 Å². The summed E-state index contributed by atoms with van der Waals surface area (Å²) in [7, 11) is 0. The number of benzene rings is 1. The van der Waals surface area contributed by atoms with E-state index in [0.29, 0.717) is 5.92 Å². The van der Waals surface area contributed by atoms with Crippen molar-refractivity contribution >= 4 is 0 Å². The minimum Gasteiger partial charge on any atom is -0.316 e. The van der Waals surface area contributed by atoms with Crippen molar-refractivity contribution in [1.82, 2.24) is 20.3 Å². The zero-order valence-electron chi connectivity index (χ0n) is 8.95. The minimum absolute atomic E-state index is 0.262. The molecule has 82 valence electrons. The zero-order chi connectivity index (χ0) is 10.8. The van der Waals surface area contributed by atoms with E-state index >= 15 is 0 Å². The van der Waals surface area contributed by atoms with Crippen molar-refractivity contribution in [3.63, 3.8) is 0 Å². The molecule has 1 aliphatic heterocycles. The summed E-state index contributed by atoms with van der Waals surface area (Å²) in [6.07, 6.45) is 3.48. The van der Waals surface area contributed by atoms with E-state index in [9.17, 15) is 0 Å². The van der Waals surface area contributed by atoms with Crippen molar-refractivity contribution in [3.8, 4) is 0 Å². The van der Waals surface area contributed by atoms with Gasteiger partial charge in [-0.3, -0.25) is 0 Å². The summed E-state index contributed by atoms with van der Waals surface area (Å²) >= 11 is 0. The number of hydrogen-bond acceptors (Lipinski definition) is 3. The highest BCUT2D eigenvalue weighted by atomic mass is 15.5. The monoisotopic (exact) mass is 214 g/mol. The van der Waals surface area contributed by atoms with E-state index in [1.807, 2.05) is 10.9 Å². The van der Waals surface area contributed by atoms with E-state index in [0.717, 1.165) is 13.1 Å². The van der Waals surface area contributed by atoms with E-state index in [-0.39, 0.29) is 6.04 Å².